The van der Waals surface area contributed by atoms with Crippen LogP contribution >= 0.6 is 46.4 Å². The van der Waals surface area contributed by atoms with E-state index in [0.29, 0.717) is 0 Å². The molecule has 0 spiro atoms. The Bertz CT molecular complexity index is 1740. The van der Waals surface area contributed by atoms with Gasteiger partial charge in [0.05, 0.1) is 22.3 Å². The molecule has 0 aliphatic heterocycles. The maximum Gasteiger partial charge on any atom is 0.338 e. The second kappa shape index (κ2) is 18.4. The van der Waals surface area contributed by atoms with Crippen LogP contribution in [0.3, 0.4) is 0 Å². The molecule has 16 heteroatoms. The van der Waals surface area contributed by atoms with Gasteiger partial charge in [0.1, 0.15) is 31.8 Å². The average molecular weight is 802 g/mol. The zero-order valence-corrected chi connectivity index (χ0v) is 30.0. The lowest BCUT2D eigenvalue weighted by Crippen LogP contribution is -2.44. The fraction of sp³-hybridized carbons (Fsp3) is 0.135. The lowest BCUT2D eigenvalue weighted by atomic mass is 9.92. The van der Waals surface area contributed by atoms with Gasteiger partial charge in [-0.3, -0.25) is 19.2 Å². The number of halogens is 4. The predicted octanol–water partition coefficient (Wildman–Crippen LogP) is 6.92. The van der Waals surface area contributed by atoms with E-state index >= 15 is 0 Å². The van der Waals surface area contributed by atoms with Crippen LogP contribution in [-0.4, -0.2) is 71.3 Å². The average Bonchev–Trinajstić information content (AvgIpc) is 3.16. The SMILES string of the molecule is O=C(Cl)c1ccc(C(=O)OCC(COC(=O)c2ccc(C(=O)Cl)cc2)(COC(=O)c2ccc(C(=O)Cl)cc2)COC(=O)c2ccc(C(=O)Cl)cc2)cc1. The molecule has 272 valence electrons. The van der Waals surface area contributed by atoms with Gasteiger partial charge >= 0.3 is 23.9 Å². The molecule has 0 radical (unpaired) electrons. The van der Waals surface area contributed by atoms with Gasteiger partial charge in [-0.2, -0.15) is 0 Å². The van der Waals surface area contributed by atoms with Crippen LogP contribution in [-0.2, 0) is 18.9 Å². The summed E-state index contributed by atoms with van der Waals surface area (Å²) in [4.78, 5) is 98.4. The number of carbonyl (C=O) groups is 8. The first-order valence-electron chi connectivity index (χ1n) is 15.1. The number of carbonyl (C=O) groups excluding carboxylic acids is 8. The predicted molar refractivity (Wildman–Crippen MR) is 190 cm³/mol. The van der Waals surface area contributed by atoms with Gasteiger partial charge in [-0.15, -0.1) is 0 Å². The highest BCUT2D eigenvalue weighted by Crippen LogP contribution is 2.25. The number of benzene rings is 4. The molecule has 4 aromatic carbocycles. The minimum Gasteiger partial charge on any atom is -0.461 e. The molecule has 0 fully saturated rings. The summed E-state index contributed by atoms with van der Waals surface area (Å²) in [6.45, 7) is -2.69. The molecule has 12 nitrogen and oxygen atoms in total. The van der Waals surface area contributed by atoms with Crippen LogP contribution in [0.25, 0.3) is 0 Å². The summed E-state index contributed by atoms with van der Waals surface area (Å²) in [5, 5.41) is -3.03. The van der Waals surface area contributed by atoms with Gasteiger partial charge in [-0.1, -0.05) is 0 Å². The van der Waals surface area contributed by atoms with Gasteiger partial charge in [0.15, 0.2) is 0 Å². The topological polar surface area (TPSA) is 173 Å². The lowest BCUT2D eigenvalue weighted by Gasteiger charge is -2.31. The molecule has 0 bridgehead atoms. The van der Waals surface area contributed by atoms with E-state index in [9.17, 15) is 38.4 Å². The van der Waals surface area contributed by atoms with Crippen molar-refractivity contribution in [3.05, 3.63) is 142 Å². The third kappa shape index (κ3) is 11.3. The van der Waals surface area contributed by atoms with Crippen LogP contribution in [0.15, 0.2) is 97.1 Å². The van der Waals surface area contributed by atoms with E-state index in [1.807, 2.05) is 0 Å². The number of rotatable bonds is 16. The highest BCUT2D eigenvalue weighted by Gasteiger charge is 2.38. The molecule has 4 aromatic rings. The first-order valence-corrected chi connectivity index (χ1v) is 16.6. The van der Waals surface area contributed by atoms with Crippen LogP contribution < -0.4 is 0 Å². The molecule has 0 aliphatic carbocycles. The van der Waals surface area contributed by atoms with Crippen molar-refractivity contribution in [3.63, 3.8) is 0 Å². The van der Waals surface area contributed by atoms with E-state index in [4.69, 9.17) is 65.4 Å². The van der Waals surface area contributed by atoms with Crippen molar-refractivity contribution in [3.8, 4) is 0 Å². The van der Waals surface area contributed by atoms with Gasteiger partial charge in [0.25, 0.3) is 21.0 Å². The third-order valence-electron chi connectivity index (χ3n) is 7.43. The van der Waals surface area contributed by atoms with Crippen molar-refractivity contribution in [1.29, 1.82) is 0 Å². The van der Waals surface area contributed by atoms with Crippen molar-refractivity contribution in [2.75, 3.05) is 26.4 Å². The Morgan fingerprint density at radius 2 is 0.472 bits per heavy atom. The summed E-state index contributed by atoms with van der Waals surface area (Å²) in [7, 11) is 0. The summed E-state index contributed by atoms with van der Waals surface area (Å²) in [6, 6.07) is 20.5. The Hall–Kier alpha value is -5.40. The Labute approximate surface area is 320 Å². The minimum atomic E-state index is -1.77. The summed E-state index contributed by atoms with van der Waals surface area (Å²) in [5.74, 6) is -3.68. The fourth-order valence-electron chi connectivity index (χ4n) is 4.41. The molecular formula is C37H24Cl4O12. The molecule has 0 aromatic heterocycles. The van der Waals surface area contributed by atoms with Crippen molar-refractivity contribution in [2.24, 2.45) is 5.41 Å². The van der Waals surface area contributed by atoms with E-state index in [2.05, 4.69) is 0 Å². The quantitative estimate of drug-likeness (QED) is 0.0651. The zero-order chi connectivity index (χ0) is 38.7. The normalized spacial score (nSPS) is 10.8. The van der Waals surface area contributed by atoms with Crippen molar-refractivity contribution < 1.29 is 57.3 Å². The maximum atomic E-state index is 13.1. The Kier molecular flexibility index (Phi) is 14.0. The van der Waals surface area contributed by atoms with Crippen molar-refractivity contribution in [1.82, 2.24) is 0 Å². The first kappa shape index (κ1) is 40.4. The van der Waals surface area contributed by atoms with E-state index in [1.165, 1.54) is 97.1 Å². The van der Waals surface area contributed by atoms with Crippen LogP contribution in [0.1, 0.15) is 82.9 Å². The molecule has 53 heavy (non-hydrogen) atoms. The molecule has 0 saturated carbocycles. The maximum absolute atomic E-state index is 13.1. The molecule has 0 saturated heterocycles. The molecule has 0 aliphatic rings. The van der Waals surface area contributed by atoms with Gasteiger partial charge < -0.3 is 18.9 Å². The van der Waals surface area contributed by atoms with E-state index in [1.54, 1.807) is 0 Å². The number of hydrogen-bond acceptors (Lipinski definition) is 12. The van der Waals surface area contributed by atoms with E-state index in [-0.39, 0.29) is 44.5 Å². The first-order chi connectivity index (χ1) is 25.2. The summed E-state index contributed by atoms with van der Waals surface area (Å²) < 4.78 is 22.2. The Balaban J connectivity index is 1.65. The number of esters is 4. The monoisotopic (exact) mass is 800 g/mol. The van der Waals surface area contributed by atoms with Crippen LogP contribution in [0.4, 0.5) is 0 Å². The molecule has 0 amide bonds. The fourth-order valence-corrected chi connectivity index (χ4v) is 4.91. The largest absolute Gasteiger partial charge is 0.461 e. The molecule has 0 unspecified atom stereocenters. The molecular weight excluding hydrogens is 778 g/mol. The van der Waals surface area contributed by atoms with Gasteiger partial charge in [0, 0.05) is 22.3 Å². The minimum absolute atomic E-state index is 0.0108. The second-order valence-corrected chi connectivity index (χ2v) is 12.6. The second-order valence-electron chi connectivity index (χ2n) is 11.2. The molecule has 4 rings (SSSR count). The number of hydrogen-bond donors (Lipinski definition) is 0. The molecule has 0 atom stereocenters. The van der Waals surface area contributed by atoms with Gasteiger partial charge in [-0.25, -0.2) is 19.2 Å². The van der Waals surface area contributed by atoms with Crippen molar-refractivity contribution in [2.45, 2.75) is 0 Å². The van der Waals surface area contributed by atoms with Crippen LogP contribution in [0.2, 0.25) is 0 Å². The summed E-state index contributed by atoms with van der Waals surface area (Å²) in [5.41, 5.74) is -1.37. The zero-order valence-electron chi connectivity index (χ0n) is 27.0. The molecule has 0 N–H and O–H groups in total. The molecule has 0 heterocycles. The van der Waals surface area contributed by atoms with Crippen molar-refractivity contribution >= 4 is 91.3 Å². The smallest absolute Gasteiger partial charge is 0.338 e. The number of ether oxygens (including phenoxy) is 4. The van der Waals surface area contributed by atoms with Gasteiger partial charge in [0.2, 0.25) is 0 Å². The van der Waals surface area contributed by atoms with Gasteiger partial charge in [-0.05, 0) is 143 Å². The third-order valence-corrected chi connectivity index (χ3v) is 8.30. The Morgan fingerprint density at radius 3 is 0.623 bits per heavy atom. The Morgan fingerprint density at radius 1 is 0.321 bits per heavy atom. The van der Waals surface area contributed by atoms with E-state index < -0.39 is 76.7 Å². The standard InChI is InChI=1S/C37H24Cl4O12/c38-29(42)21-1-9-25(10-2-21)33(46)50-17-37(18-51-34(47)26-11-3-22(4-12-26)30(39)43,19-52-35(48)27-13-5-23(6-14-27)31(40)44)20-53-36(49)28-15-7-24(8-16-28)32(41)45/h1-16H,17-20H2. The lowest BCUT2D eigenvalue weighted by molar-refractivity contribution is -0.0642. The summed E-state index contributed by atoms with van der Waals surface area (Å²) >= 11 is 22.0. The van der Waals surface area contributed by atoms with Crippen LogP contribution in [0.5, 0.6) is 0 Å². The van der Waals surface area contributed by atoms with E-state index in [0.717, 1.165) is 0 Å². The van der Waals surface area contributed by atoms with Crippen LogP contribution in [0, 0.1) is 5.41 Å². The highest BCUT2D eigenvalue weighted by molar-refractivity contribution is 6.68. The summed E-state index contributed by atoms with van der Waals surface area (Å²) in [6.07, 6.45) is 0. The highest BCUT2D eigenvalue weighted by atomic mass is 35.5.